The molecular weight excluding hydrogens is 517 g/mol. The van der Waals surface area contributed by atoms with Crippen molar-refractivity contribution in [3.63, 3.8) is 0 Å². The molecule has 1 aromatic carbocycles. The zero-order chi connectivity index (χ0) is 26.7. The SMILES string of the molecule is CCOC(=O)C1=CC2(CCC1S(=O)(=O)Cc1ccc(F)cc1Cl)OC[C@@H](CNC(=O)OC(C)(C)C)O2. The van der Waals surface area contributed by atoms with E-state index >= 15 is 0 Å². The Morgan fingerprint density at radius 2 is 2.03 bits per heavy atom. The molecular formula is C24H31ClFNO8S. The summed E-state index contributed by atoms with van der Waals surface area (Å²) >= 11 is 6.04. The smallest absolute Gasteiger partial charge is 0.407 e. The molecule has 0 aromatic heterocycles. The zero-order valence-corrected chi connectivity index (χ0v) is 22.2. The summed E-state index contributed by atoms with van der Waals surface area (Å²) in [6.45, 7) is 7.11. The molecule has 1 aliphatic carbocycles. The van der Waals surface area contributed by atoms with Crippen LogP contribution in [0.5, 0.6) is 0 Å². The number of hydrogen-bond acceptors (Lipinski definition) is 8. The molecule has 0 radical (unpaired) electrons. The van der Waals surface area contributed by atoms with Crippen LogP contribution >= 0.6 is 11.6 Å². The average molecular weight is 548 g/mol. The summed E-state index contributed by atoms with van der Waals surface area (Å²) < 4.78 is 62.2. The third kappa shape index (κ3) is 7.18. The zero-order valence-electron chi connectivity index (χ0n) is 20.6. The highest BCUT2D eigenvalue weighted by molar-refractivity contribution is 7.91. The number of hydrogen-bond donors (Lipinski definition) is 1. The second-order valence-corrected chi connectivity index (χ2v) is 12.2. The summed E-state index contributed by atoms with van der Waals surface area (Å²) in [7, 11) is -3.94. The summed E-state index contributed by atoms with van der Waals surface area (Å²) in [4.78, 5) is 24.7. The maximum Gasteiger partial charge on any atom is 0.407 e. The van der Waals surface area contributed by atoms with Gasteiger partial charge in [0.05, 0.1) is 29.8 Å². The number of halogens is 2. The number of amides is 1. The van der Waals surface area contributed by atoms with E-state index in [0.29, 0.717) is 0 Å². The topological polar surface area (TPSA) is 117 Å². The molecule has 0 saturated carbocycles. The minimum atomic E-state index is -3.94. The predicted molar refractivity (Wildman–Crippen MR) is 130 cm³/mol. The largest absolute Gasteiger partial charge is 0.463 e. The van der Waals surface area contributed by atoms with Gasteiger partial charge in [-0.1, -0.05) is 17.7 Å². The predicted octanol–water partition coefficient (Wildman–Crippen LogP) is 3.68. The first-order valence-corrected chi connectivity index (χ1v) is 13.7. The van der Waals surface area contributed by atoms with Crippen molar-refractivity contribution in [1.82, 2.24) is 5.32 Å². The van der Waals surface area contributed by atoms with E-state index in [2.05, 4.69) is 5.32 Å². The van der Waals surface area contributed by atoms with E-state index in [9.17, 15) is 22.4 Å². The van der Waals surface area contributed by atoms with Crippen molar-refractivity contribution in [2.45, 2.75) is 69.0 Å². The van der Waals surface area contributed by atoms with Gasteiger partial charge in [0.2, 0.25) is 0 Å². The molecule has 1 aliphatic heterocycles. The van der Waals surface area contributed by atoms with Crippen molar-refractivity contribution >= 4 is 33.5 Å². The number of alkyl carbamates (subject to hydrolysis) is 1. The molecule has 1 N–H and O–H groups in total. The Labute approximate surface area is 215 Å². The van der Waals surface area contributed by atoms with Crippen LogP contribution in [0.1, 0.15) is 46.1 Å². The molecule has 3 atom stereocenters. The Morgan fingerprint density at radius 3 is 2.67 bits per heavy atom. The fourth-order valence-corrected chi connectivity index (χ4v) is 6.25. The molecule has 2 unspecified atom stereocenters. The molecule has 36 heavy (non-hydrogen) atoms. The standard InChI is InChI=1S/C24H31ClFNO8S/c1-5-32-21(28)18-11-24(33-13-17(34-24)12-27-22(29)35-23(2,3)4)9-8-20(18)36(30,31)14-15-6-7-16(26)10-19(15)25/h6-7,10-11,17,20H,5,8-9,12-14H2,1-4H3,(H,27,29)/t17-,20?,24?/m1/s1. The van der Waals surface area contributed by atoms with Crippen molar-refractivity contribution in [1.29, 1.82) is 0 Å². The number of sulfone groups is 1. The first kappa shape index (κ1) is 28.4. The molecule has 3 rings (SSSR count). The van der Waals surface area contributed by atoms with Crippen LogP contribution in [-0.4, -0.2) is 63.0 Å². The lowest BCUT2D eigenvalue weighted by Crippen LogP contribution is -2.42. The van der Waals surface area contributed by atoms with E-state index in [0.717, 1.165) is 12.1 Å². The van der Waals surface area contributed by atoms with Crippen molar-refractivity contribution in [2.24, 2.45) is 0 Å². The van der Waals surface area contributed by atoms with Gasteiger partial charge in [0.15, 0.2) is 15.6 Å². The Bertz CT molecular complexity index is 1130. The van der Waals surface area contributed by atoms with Gasteiger partial charge in [-0.2, -0.15) is 0 Å². The molecule has 2 aliphatic rings. The maximum absolute atomic E-state index is 13.4. The lowest BCUT2D eigenvalue weighted by Gasteiger charge is -2.33. The number of benzene rings is 1. The summed E-state index contributed by atoms with van der Waals surface area (Å²) in [6, 6.07) is 3.47. The van der Waals surface area contributed by atoms with Gasteiger partial charge >= 0.3 is 12.1 Å². The molecule has 1 spiro atoms. The maximum atomic E-state index is 13.4. The van der Waals surface area contributed by atoms with Gasteiger partial charge in [-0.15, -0.1) is 0 Å². The highest BCUT2D eigenvalue weighted by atomic mass is 35.5. The average Bonchev–Trinajstić information content (AvgIpc) is 3.15. The van der Waals surface area contributed by atoms with E-state index in [1.807, 2.05) is 0 Å². The molecule has 1 heterocycles. The summed E-state index contributed by atoms with van der Waals surface area (Å²) in [5.74, 6) is -3.19. The van der Waals surface area contributed by atoms with Crippen molar-refractivity contribution in [2.75, 3.05) is 19.8 Å². The number of rotatable bonds is 7. The number of carbonyl (C=O) groups is 2. The molecule has 1 fully saturated rings. The minimum Gasteiger partial charge on any atom is -0.463 e. The van der Waals surface area contributed by atoms with Gasteiger partial charge in [-0.05, 0) is 57.9 Å². The molecule has 1 saturated heterocycles. The van der Waals surface area contributed by atoms with Crippen LogP contribution in [0.3, 0.4) is 0 Å². The third-order valence-electron chi connectivity index (χ3n) is 5.55. The number of esters is 1. The van der Waals surface area contributed by atoms with Gasteiger partial charge in [0.25, 0.3) is 0 Å². The van der Waals surface area contributed by atoms with Crippen LogP contribution in [0.2, 0.25) is 5.02 Å². The van der Waals surface area contributed by atoms with E-state index in [1.165, 1.54) is 12.1 Å². The Kier molecular flexibility index (Phi) is 8.70. The minimum absolute atomic E-state index is 0.0182. The van der Waals surface area contributed by atoms with Crippen LogP contribution in [0.4, 0.5) is 9.18 Å². The van der Waals surface area contributed by atoms with Gasteiger partial charge in [-0.25, -0.2) is 22.4 Å². The van der Waals surface area contributed by atoms with Gasteiger partial charge < -0.3 is 24.3 Å². The second-order valence-electron chi connectivity index (χ2n) is 9.64. The number of ether oxygens (including phenoxy) is 4. The van der Waals surface area contributed by atoms with Gasteiger partial charge in [0, 0.05) is 18.0 Å². The Balaban J connectivity index is 1.78. The van der Waals surface area contributed by atoms with Crippen molar-refractivity contribution in [3.8, 4) is 0 Å². The lowest BCUT2D eigenvalue weighted by atomic mass is 9.94. The molecule has 200 valence electrons. The van der Waals surface area contributed by atoms with E-state index in [4.69, 9.17) is 30.5 Å². The summed E-state index contributed by atoms with van der Waals surface area (Å²) in [5, 5.41) is 1.41. The highest BCUT2D eigenvalue weighted by Gasteiger charge is 2.48. The Morgan fingerprint density at radius 1 is 1.31 bits per heavy atom. The highest BCUT2D eigenvalue weighted by Crippen LogP contribution is 2.40. The number of carbonyl (C=O) groups excluding carboxylic acids is 2. The molecule has 9 nitrogen and oxygen atoms in total. The normalized spacial score (nSPS) is 24.3. The number of nitrogens with one attached hydrogen (secondary N) is 1. The molecule has 0 bridgehead atoms. The summed E-state index contributed by atoms with van der Waals surface area (Å²) in [5.41, 5.74) is -0.525. The Hall–Kier alpha value is -2.21. The van der Waals surface area contributed by atoms with Gasteiger partial charge in [-0.3, -0.25) is 0 Å². The fourth-order valence-electron chi connectivity index (χ4n) is 4.03. The lowest BCUT2D eigenvalue weighted by molar-refractivity contribution is -0.146. The van der Waals surface area contributed by atoms with E-state index in [1.54, 1.807) is 27.7 Å². The third-order valence-corrected chi connectivity index (χ3v) is 7.97. The first-order valence-electron chi connectivity index (χ1n) is 11.6. The quantitative estimate of drug-likeness (QED) is 0.514. The van der Waals surface area contributed by atoms with Crippen LogP contribution in [0.15, 0.2) is 29.8 Å². The monoisotopic (exact) mass is 547 g/mol. The van der Waals surface area contributed by atoms with Gasteiger partial charge in [0.1, 0.15) is 17.5 Å². The van der Waals surface area contributed by atoms with E-state index < -0.39 is 56.2 Å². The van der Waals surface area contributed by atoms with E-state index in [-0.39, 0.29) is 48.8 Å². The summed E-state index contributed by atoms with van der Waals surface area (Å²) in [6.07, 6.45) is 0.390. The first-order chi connectivity index (χ1) is 16.7. The van der Waals surface area contributed by atoms with Crippen LogP contribution in [-0.2, 0) is 39.3 Å². The molecule has 12 heteroatoms. The van der Waals surface area contributed by atoms with Crippen molar-refractivity contribution < 1.29 is 41.3 Å². The van der Waals surface area contributed by atoms with Crippen LogP contribution in [0, 0.1) is 5.82 Å². The molecule has 1 aromatic rings. The fraction of sp³-hybridized carbons (Fsp3) is 0.583. The van der Waals surface area contributed by atoms with Crippen LogP contribution in [0.25, 0.3) is 0 Å². The second kappa shape index (κ2) is 11.0. The van der Waals surface area contributed by atoms with Crippen molar-refractivity contribution in [3.05, 3.63) is 46.3 Å². The molecule has 1 amide bonds. The van der Waals surface area contributed by atoms with Crippen LogP contribution < -0.4 is 5.32 Å².